The molecular formula is C13H17N3O2S. The molecule has 0 atom stereocenters. The molecule has 0 aromatic heterocycles. The molecule has 1 rings (SSSR count). The first kappa shape index (κ1) is 15.0. The van der Waals surface area contributed by atoms with Gasteiger partial charge in [-0.25, -0.2) is 0 Å². The molecule has 5 nitrogen and oxygen atoms in total. The largest absolute Gasteiger partial charge is 0.504 e. The van der Waals surface area contributed by atoms with Gasteiger partial charge in [0.15, 0.2) is 16.6 Å². The maximum atomic E-state index is 9.93. The van der Waals surface area contributed by atoms with Gasteiger partial charge in [0.1, 0.15) is 0 Å². The number of phenolic OH excluding ortho intramolecular Hbond substituents is 1. The van der Waals surface area contributed by atoms with Crippen molar-refractivity contribution < 1.29 is 9.84 Å². The van der Waals surface area contributed by atoms with Gasteiger partial charge in [0.25, 0.3) is 0 Å². The summed E-state index contributed by atoms with van der Waals surface area (Å²) in [6, 6.07) is 3.50. The van der Waals surface area contributed by atoms with E-state index in [2.05, 4.69) is 22.4 Å². The lowest BCUT2D eigenvalue weighted by Gasteiger charge is -2.09. The fraction of sp³-hybridized carbons (Fsp3) is 0.231. The van der Waals surface area contributed by atoms with Crippen LogP contribution < -0.4 is 15.5 Å². The van der Waals surface area contributed by atoms with Crippen LogP contribution in [0.4, 0.5) is 0 Å². The molecule has 0 spiro atoms. The van der Waals surface area contributed by atoms with Gasteiger partial charge in [0, 0.05) is 12.6 Å². The van der Waals surface area contributed by atoms with Crippen molar-refractivity contribution in [1.82, 2.24) is 10.7 Å². The van der Waals surface area contributed by atoms with Crippen molar-refractivity contribution in [1.29, 1.82) is 0 Å². The molecule has 0 amide bonds. The van der Waals surface area contributed by atoms with Crippen LogP contribution in [0.1, 0.15) is 11.1 Å². The van der Waals surface area contributed by atoms with Gasteiger partial charge in [-0.1, -0.05) is 6.08 Å². The molecule has 0 radical (unpaired) electrons. The van der Waals surface area contributed by atoms with Crippen LogP contribution in [0.25, 0.3) is 0 Å². The molecule has 6 heteroatoms. The predicted octanol–water partition coefficient (Wildman–Crippen LogP) is 1.56. The van der Waals surface area contributed by atoms with Crippen LogP contribution in [0.15, 0.2) is 29.9 Å². The number of rotatable bonds is 5. The highest BCUT2D eigenvalue weighted by Crippen LogP contribution is 2.31. The third-order valence-electron chi connectivity index (χ3n) is 2.37. The summed E-state index contributed by atoms with van der Waals surface area (Å²) in [5.41, 5.74) is 4.17. The summed E-state index contributed by atoms with van der Waals surface area (Å²) in [6.07, 6.45) is 3.86. The van der Waals surface area contributed by atoms with E-state index in [4.69, 9.17) is 17.0 Å². The summed E-state index contributed by atoms with van der Waals surface area (Å²) >= 11 is 4.89. The molecule has 0 saturated carbocycles. The summed E-state index contributed by atoms with van der Waals surface area (Å²) in [5.74, 6) is 0.523. The Balaban J connectivity index is 2.97. The van der Waals surface area contributed by atoms with Crippen LogP contribution >= 0.6 is 12.2 Å². The second kappa shape index (κ2) is 7.38. The normalized spacial score (nSPS) is 10.2. The van der Waals surface area contributed by atoms with Crippen molar-refractivity contribution in [3.63, 3.8) is 0 Å². The second-order valence-corrected chi connectivity index (χ2v) is 4.08. The van der Waals surface area contributed by atoms with E-state index >= 15 is 0 Å². The van der Waals surface area contributed by atoms with E-state index in [0.717, 1.165) is 11.1 Å². The van der Waals surface area contributed by atoms with Crippen LogP contribution in [0.2, 0.25) is 0 Å². The molecule has 19 heavy (non-hydrogen) atoms. The van der Waals surface area contributed by atoms with Gasteiger partial charge in [-0.3, -0.25) is 5.43 Å². The molecule has 0 bridgehead atoms. The number of benzene rings is 1. The lowest BCUT2D eigenvalue weighted by Crippen LogP contribution is -2.28. The third-order valence-corrected chi connectivity index (χ3v) is 2.66. The van der Waals surface area contributed by atoms with Crippen molar-refractivity contribution in [2.75, 3.05) is 14.2 Å². The molecule has 0 saturated heterocycles. The zero-order valence-electron chi connectivity index (χ0n) is 10.9. The first-order valence-electron chi connectivity index (χ1n) is 5.64. The highest BCUT2D eigenvalue weighted by Gasteiger charge is 2.08. The Morgan fingerprint density at radius 3 is 2.89 bits per heavy atom. The Labute approximate surface area is 118 Å². The lowest BCUT2D eigenvalue weighted by molar-refractivity contribution is 0.371. The van der Waals surface area contributed by atoms with Crippen LogP contribution in [0, 0.1) is 0 Å². The van der Waals surface area contributed by atoms with Gasteiger partial charge >= 0.3 is 0 Å². The highest BCUT2D eigenvalue weighted by atomic mass is 32.1. The molecule has 102 valence electrons. The Morgan fingerprint density at radius 1 is 1.58 bits per heavy atom. The maximum absolute atomic E-state index is 9.93. The number of phenols is 1. The highest BCUT2D eigenvalue weighted by molar-refractivity contribution is 7.80. The quantitative estimate of drug-likeness (QED) is 0.330. The van der Waals surface area contributed by atoms with Gasteiger partial charge < -0.3 is 15.2 Å². The SMILES string of the molecule is C=CCc1cc(/C=N\NC(=S)NC)cc(OC)c1O. The van der Waals surface area contributed by atoms with Gasteiger partial charge in [0.2, 0.25) is 0 Å². The number of nitrogens with one attached hydrogen (secondary N) is 2. The van der Waals surface area contributed by atoms with E-state index in [1.54, 1.807) is 25.4 Å². The predicted molar refractivity (Wildman–Crippen MR) is 80.9 cm³/mol. The minimum atomic E-state index is 0.123. The van der Waals surface area contributed by atoms with Crippen molar-refractivity contribution in [3.8, 4) is 11.5 Å². The average Bonchev–Trinajstić information content (AvgIpc) is 2.42. The maximum Gasteiger partial charge on any atom is 0.186 e. The number of nitrogens with zero attached hydrogens (tertiary/aromatic N) is 1. The molecule has 0 heterocycles. The second-order valence-electron chi connectivity index (χ2n) is 3.67. The molecular weight excluding hydrogens is 262 g/mol. The van der Waals surface area contributed by atoms with Crippen molar-refractivity contribution >= 4 is 23.5 Å². The summed E-state index contributed by atoms with van der Waals surface area (Å²) in [6.45, 7) is 3.66. The van der Waals surface area contributed by atoms with E-state index < -0.39 is 0 Å². The standard InChI is InChI=1S/C13H17N3O2S/c1-4-5-10-6-9(7-11(18-3)12(10)17)8-15-16-13(19)14-2/h4,6-8,17H,1,5H2,2-3H3,(H2,14,16,19)/b15-8-. The molecule has 0 aliphatic carbocycles. The van der Waals surface area contributed by atoms with Crippen LogP contribution in [-0.4, -0.2) is 30.6 Å². The van der Waals surface area contributed by atoms with Gasteiger partial charge in [0.05, 0.1) is 13.3 Å². The lowest BCUT2D eigenvalue weighted by atomic mass is 10.1. The summed E-state index contributed by atoms with van der Waals surface area (Å²) in [4.78, 5) is 0. The Bertz CT molecular complexity index is 501. The molecule has 0 aliphatic heterocycles. The topological polar surface area (TPSA) is 65.9 Å². The van der Waals surface area contributed by atoms with Crippen molar-refractivity contribution in [2.45, 2.75) is 6.42 Å². The van der Waals surface area contributed by atoms with Crippen molar-refractivity contribution in [3.05, 3.63) is 35.9 Å². The monoisotopic (exact) mass is 279 g/mol. The third kappa shape index (κ3) is 4.26. The number of hydrazone groups is 1. The molecule has 3 N–H and O–H groups in total. The number of hydrogen-bond acceptors (Lipinski definition) is 4. The molecule has 0 fully saturated rings. The Hall–Kier alpha value is -2.08. The number of ether oxygens (including phenoxy) is 1. The molecule has 0 aliphatic rings. The number of hydrogen-bond donors (Lipinski definition) is 3. The van der Waals surface area contributed by atoms with Gasteiger partial charge in [-0.15, -0.1) is 6.58 Å². The van der Waals surface area contributed by atoms with E-state index in [1.165, 1.54) is 7.11 Å². The van der Waals surface area contributed by atoms with Crippen LogP contribution in [-0.2, 0) is 6.42 Å². The summed E-state index contributed by atoms with van der Waals surface area (Å²) < 4.78 is 5.12. The minimum Gasteiger partial charge on any atom is -0.504 e. The first-order chi connectivity index (χ1) is 9.12. The fourth-order valence-corrected chi connectivity index (χ4v) is 1.50. The zero-order valence-corrected chi connectivity index (χ0v) is 11.8. The van der Waals surface area contributed by atoms with Gasteiger partial charge in [-0.05, 0) is 36.3 Å². The summed E-state index contributed by atoms with van der Waals surface area (Å²) in [7, 11) is 3.21. The van der Waals surface area contributed by atoms with Crippen LogP contribution in [0.3, 0.4) is 0 Å². The number of allylic oxidation sites excluding steroid dienone is 1. The summed E-state index contributed by atoms with van der Waals surface area (Å²) in [5, 5.41) is 17.1. The van der Waals surface area contributed by atoms with Crippen molar-refractivity contribution in [2.24, 2.45) is 5.10 Å². The molecule has 0 unspecified atom stereocenters. The first-order valence-corrected chi connectivity index (χ1v) is 6.04. The van der Waals surface area contributed by atoms with Crippen LogP contribution in [0.5, 0.6) is 11.5 Å². The smallest absolute Gasteiger partial charge is 0.186 e. The van der Waals surface area contributed by atoms with E-state index in [-0.39, 0.29) is 5.75 Å². The number of methoxy groups -OCH3 is 1. The Morgan fingerprint density at radius 2 is 2.32 bits per heavy atom. The Kier molecular flexibility index (Phi) is 5.81. The molecule has 1 aromatic rings. The number of thiocarbonyl (C=S) groups is 1. The van der Waals surface area contributed by atoms with E-state index in [9.17, 15) is 5.11 Å². The average molecular weight is 279 g/mol. The fourth-order valence-electron chi connectivity index (χ4n) is 1.45. The molecule has 1 aromatic carbocycles. The van der Waals surface area contributed by atoms with E-state index in [1.807, 2.05) is 6.07 Å². The van der Waals surface area contributed by atoms with E-state index in [0.29, 0.717) is 17.3 Å². The van der Waals surface area contributed by atoms with Gasteiger partial charge in [-0.2, -0.15) is 5.10 Å². The zero-order chi connectivity index (χ0) is 14.3. The number of aromatic hydroxyl groups is 1. The minimum absolute atomic E-state index is 0.123.